The highest BCUT2D eigenvalue weighted by atomic mass is 19.1. The number of amides is 1. The first-order valence-electron chi connectivity index (χ1n) is 8.28. The van der Waals surface area contributed by atoms with Gasteiger partial charge in [0.1, 0.15) is 17.2 Å². The molecule has 25 heavy (non-hydrogen) atoms. The molecule has 0 bridgehead atoms. The fourth-order valence-corrected chi connectivity index (χ4v) is 3.52. The minimum absolute atomic E-state index is 0.120. The molecule has 132 valence electrons. The molecule has 1 fully saturated rings. The number of carbonyl (C=O) groups is 1. The quantitative estimate of drug-likeness (QED) is 0.929. The lowest BCUT2D eigenvalue weighted by Crippen LogP contribution is -2.34. The number of carbonyl (C=O) groups excluding carboxylic acids is 1. The van der Waals surface area contributed by atoms with Crippen LogP contribution >= 0.6 is 0 Å². The first kappa shape index (κ1) is 17.3. The van der Waals surface area contributed by atoms with Crippen molar-refractivity contribution in [2.24, 2.45) is 5.92 Å². The Morgan fingerprint density at radius 1 is 1.20 bits per heavy atom. The van der Waals surface area contributed by atoms with Crippen LogP contribution in [0.1, 0.15) is 33.6 Å². The van der Waals surface area contributed by atoms with E-state index in [-0.39, 0.29) is 22.9 Å². The lowest BCUT2D eigenvalue weighted by Gasteiger charge is -2.17. The van der Waals surface area contributed by atoms with E-state index in [1.54, 1.807) is 24.8 Å². The molecule has 1 aromatic heterocycles. The second-order valence-electron chi connectivity index (χ2n) is 6.73. The molecule has 0 radical (unpaired) electrons. The SMILES string of the molecule is Cc1cc(C)c(C(=O)N2CCC(Cc3cc(F)cc(F)c3)C2)c(=O)[nH]1. The van der Waals surface area contributed by atoms with Gasteiger partial charge in [0, 0.05) is 24.8 Å². The number of pyridine rings is 1. The maximum atomic E-state index is 13.3. The third-order valence-electron chi connectivity index (χ3n) is 4.60. The molecular weight excluding hydrogens is 326 g/mol. The number of likely N-dealkylation sites (tertiary alicyclic amines) is 1. The number of halogens is 2. The van der Waals surface area contributed by atoms with Crippen molar-refractivity contribution in [2.75, 3.05) is 13.1 Å². The number of nitrogens with zero attached hydrogens (tertiary/aromatic N) is 1. The van der Waals surface area contributed by atoms with Crippen molar-refractivity contribution in [3.63, 3.8) is 0 Å². The Labute approximate surface area is 144 Å². The molecule has 1 saturated heterocycles. The maximum absolute atomic E-state index is 13.3. The Balaban J connectivity index is 1.72. The number of benzene rings is 1. The smallest absolute Gasteiger partial charge is 0.261 e. The van der Waals surface area contributed by atoms with E-state index in [1.807, 2.05) is 0 Å². The molecule has 0 aliphatic carbocycles. The number of aromatic nitrogens is 1. The van der Waals surface area contributed by atoms with Gasteiger partial charge < -0.3 is 9.88 Å². The fraction of sp³-hybridized carbons (Fsp3) is 0.368. The van der Waals surface area contributed by atoms with Gasteiger partial charge in [-0.25, -0.2) is 8.78 Å². The Hall–Kier alpha value is -2.50. The minimum Gasteiger partial charge on any atom is -0.338 e. The number of hydrogen-bond acceptors (Lipinski definition) is 2. The van der Waals surface area contributed by atoms with Crippen LogP contribution in [0.2, 0.25) is 0 Å². The molecule has 4 nitrogen and oxygen atoms in total. The van der Waals surface area contributed by atoms with Crippen molar-refractivity contribution in [2.45, 2.75) is 26.7 Å². The van der Waals surface area contributed by atoms with Gasteiger partial charge in [0.15, 0.2) is 0 Å². The van der Waals surface area contributed by atoms with Gasteiger partial charge in [-0.15, -0.1) is 0 Å². The van der Waals surface area contributed by atoms with Gasteiger partial charge in [0.2, 0.25) is 0 Å². The van der Waals surface area contributed by atoms with Crippen molar-refractivity contribution in [1.82, 2.24) is 9.88 Å². The Morgan fingerprint density at radius 2 is 1.88 bits per heavy atom. The van der Waals surface area contributed by atoms with Crippen LogP contribution in [0.4, 0.5) is 8.78 Å². The van der Waals surface area contributed by atoms with Crippen molar-refractivity contribution >= 4 is 5.91 Å². The molecule has 1 aliphatic heterocycles. The summed E-state index contributed by atoms with van der Waals surface area (Å²) in [4.78, 5) is 29.1. The molecule has 1 unspecified atom stereocenters. The predicted octanol–water partition coefficient (Wildman–Crippen LogP) is 2.97. The molecule has 2 aromatic rings. The van der Waals surface area contributed by atoms with E-state index < -0.39 is 11.6 Å². The van der Waals surface area contributed by atoms with Gasteiger partial charge in [0.05, 0.1) is 0 Å². The summed E-state index contributed by atoms with van der Waals surface area (Å²) in [6, 6.07) is 5.27. The summed E-state index contributed by atoms with van der Waals surface area (Å²) in [7, 11) is 0. The van der Waals surface area contributed by atoms with Crippen molar-refractivity contribution in [3.8, 4) is 0 Å². The zero-order chi connectivity index (χ0) is 18.1. The van der Waals surface area contributed by atoms with Crippen LogP contribution in [0, 0.1) is 31.4 Å². The van der Waals surface area contributed by atoms with Crippen LogP contribution in [0.15, 0.2) is 29.1 Å². The molecule has 0 spiro atoms. The van der Waals surface area contributed by atoms with Crippen LogP contribution in [-0.4, -0.2) is 28.9 Å². The minimum atomic E-state index is -0.595. The Kier molecular flexibility index (Phi) is 4.70. The average Bonchev–Trinajstić information content (AvgIpc) is 2.93. The molecule has 6 heteroatoms. The van der Waals surface area contributed by atoms with E-state index in [4.69, 9.17) is 0 Å². The third-order valence-corrected chi connectivity index (χ3v) is 4.60. The van der Waals surface area contributed by atoms with E-state index >= 15 is 0 Å². The van der Waals surface area contributed by atoms with Crippen molar-refractivity contribution < 1.29 is 13.6 Å². The van der Waals surface area contributed by atoms with Crippen LogP contribution < -0.4 is 5.56 Å². The third kappa shape index (κ3) is 3.78. The molecule has 1 N–H and O–H groups in total. The Morgan fingerprint density at radius 3 is 2.52 bits per heavy atom. The zero-order valence-corrected chi connectivity index (χ0v) is 14.2. The van der Waals surface area contributed by atoms with Crippen LogP contribution in [0.5, 0.6) is 0 Å². The molecule has 0 saturated carbocycles. The maximum Gasteiger partial charge on any atom is 0.261 e. The number of rotatable bonds is 3. The summed E-state index contributed by atoms with van der Waals surface area (Å²) in [5, 5.41) is 0. The monoisotopic (exact) mass is 346 g/mol. The number of hydrogen-bond donors (Lipinski definition) is 1. The number of aryl methyl sites for hydroxylation is 2. The van der Waals surface area contributed by atoms with Crippen molar-refractivity contribution in [1.29, 1.82) is 0 Å². The van der Waals surface area contributed by atoms with Gasteiger partial charge in [0.25, 0.3) is 11.5 Å². The Bertz CT molecular complexity index is 856. The normalized spacial score (nSPS) is 17.1. The summed E-state index contributed by atoms with van der Waals surface area (Å²) in [5.74, 6) is -1.35. The summed E-state index contributed by atoms with van der Waals surface area (Å²) >= 11 is 0. The predicted molar refractivity (Wildman–Crippen MR) is 90.6 cm³/mol. The highest BCUT2D eigenvalue weighted by Gasteiger charge is 2.29. The molecule has 1 atom stereocenters. The van der Waals surface area contributed by atoms with E-state index in [1.165, 1.54) is 12.1 Å². The van der Waals surface area contributed by atoms with Crippen LogP contribution in [0.3, 0.4) is 0 Å². The van der Waals surface area contributed by atoms with Gasteiger partial charge in [-0.1, -0.05) is 0 Å². The first-order valence-corrected chi connectivity index (χ1v) is 8.28. The lowest BCUT2D eigenvalue weighted by atomic mass is 9.98. The van der Waals surface area contributed by atoms with Gasteiger partial charge in [-0.2, -0.15) is 0 Å². The highest BCUT2D eigenvalue weighted by molar-refractivity contribution is 5.95. The molecule has 1 aromatic carbocycles. The number of aromatic amines is 1. The topological polar surface area (TPSA) is 53.2 Å². The van der Waals surface area contributed by atoms with E-state index in [0.29, 0.717) is 36.3 Å². The summed E-state index contributed by atoms with van der Waals surface area (Å²) in [6.07, 6.45) is 1.24. The van der Waals surface area contributed by atoms with Crippen LogP contribution in [-0.2, 0) is 6.42 Å². The highest BCUT2D eigenvalue weighted by Crippen LogP contribution is 2.23. The van der Waals surface area contributed by atoms with E-state index in [0.717, 1.165) is 12.5 Å². The standard InChI is InChI=1S/C19H20F2N2O2/c1-11-5-12(2)22-18(24)17(11)19(25)23-4-3-13(10-23)6-14-7-15(20)9-16(21)8-14/h5,7-9,13H,3-4,6,10H2,1-2H3,(H,22,24). The molecule has 1 amide bonds. The molecule has 2 heterocycles. The van der Waals surface area contributed by atoms with Gasteiger partial charge in [-0.05, 0) is 61.9 Å². The molecular formula is C19H20F2N2O2. The van der Waals surface area contributed by atoms with Gasteiger partial charge in [-0.3, -0.25) is 9.59 Å². The van der Waals surface area contributed by atoms with E-state index in [9.17, 15) is 18.4 Å². The fourth-order valence-electron chi connectivity index (χ4n) is 3.52. The van der Waals surface area contributed by atoms with Gasteiger partial charge >= 0.3 is 0 Å². The van der Waals surface area contributed by atoms with Crippen molar-refractivity contribution in [3.05, 3.63) is 68.6 Å². The molecule has 1 aliphatic rings. The summed E-state index contributed by atoms with van der Waals surface area (Å²) in [5.41, 5.74) is 1.75. The number of H-pyrrole nitrogens is 1. The largest absolute Gasteiger partial charge is 0.338 e. The second kappa shape index (κ2) is 6.78. The van der Waals surface area contributed by atoms with E-state index in [2.05, 4.69) is 4.98 Å². The second-order valence-corrected chi connectivity index (χ2v) is 6.73. The zero-order valence-electron chi connectivity index (χ0n) is 14.2. The average molecular weight is 346 g/mol. The first-order chi connectivity index (χ1) is 11.8. The summed E-state index contributed by atoms with van der Waals surface area (Å²) < 4.78 is 26.6. The van der Waals surface area contributed by atoms with Crippen LogP contribution in [0.25, 0.3) is 0 Å². The summed E-state index contributed by atoms with van der Waals surface area (Å²) in [6.45, 7) is 4.53. The lowest BCUT2D eigenvalue weighted by molar-refractivity contribution is 0.0784. The molecule has 3 rings (SSSR count). The number of nitrogens with one attached hydrogen (secondary N) is 1.